The standard InChI is InChI=1S/C15H20ClNO/c1-12(18)17-8-6-14(7-9-17)10-13-2-4-15(11-16)5-3-13/h2-5,14H,6-11H2,1H3. The maximum atomic E-state index is 11.2. The molecule has 3 heteroatoms. The van der Waals surface area contributed by atoms with Crippen LogP contribution in [0.4, 0.5) is 0 Å². The van der Waals surface area contributed by atoms with Crippen LogP contribution in [0.25, 0.3) is 0 Å². The summed E-state index contributed by atoms with van der Waals surface area (Å²) in [7, 11) is 0. The zero-order valence-electron chi connectivity index (χ0n) is 10.9. The number of likely N-dealkylation sites (tertiary alicyclic amines) is 1. The highest BCUT2D eigenvalue weighted by Gasteiger charge is 2.20. The first kappa shape index (κ1) is 13.4. The minimum absolute atomic E-state index is 0.208. The molecule has 0 saturated carbocycles. The highest BCUT2D eigenvalue weighted by atomic mass is 35.5. The Kier molecular flexibility index (Phi) is 4.65. The van der Waals surface area contributed by atoms with Gasteiger partial charge in [0, 0.05) is 25.9 Å². The van der Waals surface area contributed by atoms with Gasteiger partial charge in [0.25, 0.3) is 0 Å². The second-order valence-electron chi connectivity index (χ2n) is 5.10. The Balaban J connectivity index is 1.85. The van der Waals surface area contributed by atoms with Crippen molar-refractivity contribution < 1.29 is 4.79 Å². The molecule has 0 aliphatic carbocycles. The fourth-order valence-corrected chi connectivity index (χ4v) is 2.73. The quantitative estimate of drug-likeness (QED) is 0.769. The minimum atomic E-state index is 0.208. The summed E-state index contributed by atoms with van der Waals surface area (Å²) in [5.41, 5.74) is 2.55. The van der Waals surface area contributed by atoms with Gasteiger partial charge >= 0.3 is 0 Å². The van der Waals surface area contributed by atoms with E-state index in [-0.39, 0.29) is 5.91 Å². The zero-order valence-corrected chi connectivity index (χ0v) is 11.6. The number of rotatable bonds is 3. The molecule has 0 bridgehead atoms. The molecular weight excluding hydrogens is 246 g/mol. The number of carbonyl (C=O) groups excluding carboxylic acids is 1. The second kappa shape index (κ2) is 6.24. The van der Waals surface area contributed by atoms with Crippen LogP contribution in [0.5, 0.6) is 0 Å². The Labute approximate surface area is 114 Å². The number of amides is 1. The van der Waals surface area contributed by atoms with Crippen LogP contribution in [0.15, 0.2) is 24.3 Å². The van der Waals surface area contributed by atoms with E-state index in [2.05, 4.69) is 24.3 Å². The fraction of sp³-hybridized carbons (Fsp3) is 0.533. The van der Waals surface area contributed by atoms with E-state index < -0.39 is 0 Å². The first-order chi connectivity index (χ1) is 8.69. The third kappa shape index (κ3) is 3.49. The monoisotopic (exact) mass is 265 g/mol. The molecule has 1 heterocycles. The summed E-state index contributed by atoms with van der Waals surface area (Å²) in [6, 6.07) is 8.56. The Morgan fingerprint density at radius 3 is 2.28 bits per heavy atom. The SMILES string of the molecule is CC(=O)N1CCC(Cc2ccc(CCl)cc2)CC1. The van der Waals surface area contributed by atoms with Crippen molar-refractivity contribution in [2.24, 2.45) is 5.92 Å². The van der Waals surface area contributed by atoms with E-state index >= 15 is 0 Å². The van der Waals surface area contributed by atoms with Crippen LogP contribution >= 0.6 is 11.6 Å². The molecule has 0 radical (unpaired) electrons. The van der Waals surface area contributed by atoms with Gasteiger partial charge in [-0.25, -0.2) is 0 Å². The van der Waals surface area contributed by atoms with Gasteiger partial charge in [-0.05, 0) is 36.3 Å². The lowest BCUT2D eigenvalue weighted by molar-refractivity contribution is -0.130. The number of hydrogen-bond acceptors (Lipinski definition) is 1. The summed E-state index contributed by atoms with van der Waals surface area (Å²) < 4.78 is 0. The number of halogens is 1. The highest BCUT2D eigenvalue weighted by molar-refractivity contribution is 6.17. The Hall–Kier alpha value is -1.02. The first-order valence-corrected chi connectivity index (χ1v) is 7.12. The van der Waals surface area contributed by atoms with Gasteiger partial charge in [0.05, 0.1) is 0 Å². The molecule has 1 fully saturated rings. The number of carbonyl (C=O) groups is 1. The van der Waals surface area contributed by atoms with Gasteiger partial charge in [-0.1, -0.05) is 24.3 Å². The molecular formula is C15H20ClNO. The predicted molar refractivity (Wildman–Crippen MR) is 74.7 cm³/mol. The van der Waals surface area contributed by atoms with E-state index in [1.54, 1.807) is 6.92 Å². The van der Waals surface area contributed by atoms with Crippen molar-refractivity contribution in [2.75, 3.05) is 13.1 Å². The van der Waals surface area contributed by atoms with E-state index in [4.69, 9.17) is 11.6 Å². The van der Waals surface area contributed by atoms with Crippen molar-refractivity contribution in [1.29, 1.82) is 0 Å². The van der Waals surface area contributed by atoms with Crippen molar-refractivity contribution in [3.63, 3.8) is 0 Å². The molecule has 1 aliphatic heterocycles. The first-order valence-electron chi connectivity index (χ1n) is 6.58. The van der Waals surface area contributed by atoms with Gasteiger partial charge in [-0.15, -0.1) is 11.6 Å². The average molecular weight is 266 g/mol. The molecule has 98 valence electrons. The Bertz CT molecular complexity index is 393. The molecule has 1 amide bonds. The molecule has 0 spiro atoms. The van der Waals surface area contributed by atoms with Crippen molar-refractivity contribution in [2.45, 2.75) is 32.1 Å². The average Bonchev–Trinajstić information content (AvgIpc) is 2.40. The second-order valence-corrected chi connectivity index (χ2v) is 5.37. The third-order valence-electron chi connectivity index (χ3n) is 3.76. The van der Waals surface area contributed by atoms with Crippen LogP contribution < -0.4 is 0 Å². The summed E-state index contributed by atoms with van der Waals surface area (Å²) in [5, 5.41) is 0. The summed E-state index contributed by atoms with van der Waals surface area (Å²) >= 11 is 5.78. The van der Waals surface area contributed by atoms with Gasteiger partial charge in [-0.3, -0.25) is 4.79 Å². The van der Waals surface area contributed by atoms with Crippen LogP contribution in [0.1, 0.15) is 30.9 Å². The van der Waals surface area contributed by atoms with Crippen LogP contribution in [0.3, 0.4) is 0 Å². The van der Waals surface area contributed by atoms with E-state index in [9.17, 15) is 4.79 Å². The normalized spacial score (nSPS) is 16.9. The van der Waals surface area contributed by atoms with E-state index in [0.29, 0.717) is 11.8 Å². The summed E-state index contributed by atoms with van der Waals surface area (Å²) in [5.74, 6) is 1.50. The summed E-state index contributed by atoms with van der Waals surface area (Å²) in [6.07, 6.45) is 3.36. The molecule has 0 atom stereocenters. The van der Waals surface area contributed by atoms with Gasteiger partial charge in [0.15, 0.2) is 0 Å². The Morgan fingerprint density at radius 2 is 1.78 bits per heavy atom. The van der Waals surface area contributed by atoms with E-state index in [0.717, 1.165) is 32.4 Å². The molecule has 18 heavy (non-hydrogen) atoms. The number of piperidine rings is 1. The fourth-order valence-electron chi connectivity index (χ4n) is 2.55. The molecule has 0 unspecified atom stereocenters. The van der Waals surface area contributed by atoms with Gasteiger partial charge in [0.2, 0.25) is 5.91 Å². The maximum absolute atomic E-state index is 11.2. The largest absolute Gasteiger partial charge is 0.343 e. The van der Waals surface area contributed by atoms with Gasteiger partial charge in [0.1, 0.15) is 0 Å². The molecule has 2 rings (SSSR count). The van der Waals surface area contributed by atoms with Crippen LogP contribution in [-0.2, 0) is 17.1 Å². The molecule has 1 saturated heterocycles. The molecule has 0 aromatic heterocycles. The molecule has 1 aromatic rings. The van der Waals surface area contributed by atoms with Crippen molar-refractivity contribution >= 4 is 17.5 Å². The number of alkyl halides is 1. The summed E-state index contributed by atoms with van der Waals surface area (Å²) in [4.78, 5) is 13.2. The topological polar surface area (TPSA) is 20.3 Å². The lowest BCUT2D eigenvalue weighted by Gasteiger charge is -2.31. The molecule has 1 aromatic carbocycles. The number of benzene rings is 1. The Morgan fingerprint density at radius 1 is 1.22 bits per heavy atom. The van der Waals surface area contributed by atoms with Crippen LogP contribution in [-0.4, -0.2) is 23.9 Å². The van der Waals surface area contributed by atoms with E-state index in [1.165, 1.54) is 11.1 Å². The zero-order chi connectivity index (χ0) is 13.0. The highest BCUT2D eigenvalue weighted by Crippen LogP contribution is 2.22. The third-order valence-corrected chi connectivity index (χ3v) is 4.07. The summed E-state index contributed by atoms with van der Waals surface area (Å²) in [6.45, 7) is 3.49. The van der Waals surface area contributed by atoms with Crippen LogP contribution in [0, 0.1) is 5.92 Å². The lowest BCUT2D eigenvalue weighted by atomic mass is 9.90. The van der Waals surface area contributed by atoms with Gasteiger partial charge < -0.3 is 4.90 Å². The smallest absolute Gasteiger partial charge is 0.219 e. The minimum Gasteiger partial charge on any atom is -0.343 e. The molecule has 0 N–H and O–H groups in total. The van der Waals surface area contributed by atoms with E-state index in [1.807, 2.05) is 4.90 Å². The molecule has 2 nitrogen and oxygen atoms in total. The van der Waals surface area contributed by atoms with Crippen molar-refractivity contribution in [1.82, 2.24) is 4.90 Å². The maximum Gasteiger partial charge on any atom is 0.219 e. The lowest BCUT2D eigenvalue weighted by Crippen LogP contribution is -2.37. The van der Waals surface area contributed by atoms with Crippen LogP contribution in [0.2, 0.25) is 0 Å². The molecule has 1 aliphatic rings. The van der Waals surface area contributed by atoms with Gasteiger partial charge in [-0.2, -0.15) is 0 Å². The van der Waals surface area contributed by atoms with Crippen molar-refractivity contribution in [3.05, 3.63) is 35.4 Å². The number of nitrogens with zero attached hydrogens (tertiary/aromatic N) is 1. The predicted octanol–water partition coefficient (Wildman–Crippen LogP) is 3.23. The number of hydrogen-bond donors (Lipinski definition) is 0. The van der Waals surface area contributed by atoms with Crippen molar-refractivity contribution in [3.8, 4) is 0 Å².